The Hall–Kier alpha value is -0.820. The summed E-state index contributed by atoms with van der Waals surface area (Å²) in [4.78, 5) is 0. The fourth-order valence-corrected chi connectivity index (χ4v) is 4.13. The van der Waals surface area contributed by atoms with Crippen molar-refractivity contribution in [3.63, 3.8) is 0 Å². The highest BCUT2D eigenvalue weighted by Crippen LogP contribution is 2.43. The van der Waals surface area contributed by atoms with Crippen molar-refractivity contribution in [3.8, 4) is 0 Å². The summed E-state index contributed by atoms with van der Waals surface area (Å²) >= 11 is 0. The van der Waals surface area contributed by atoms with Gasteiger partial charge in [0, 0.05) is 6.04 Å². The van der Waals surface area contributed by atoms with Crippen molar-refractivity contribution in [2.75, 3.05) is 6.54 Å². The smallest absolute Gasteiger partial charge is 0.0348 e. The molecule has 0 saturated heterocycles. The molecule has 116 valence electrons. The standard InChI is InChI=1S/C20H31N/c1-3-21-20(15(2)16-9-10-16)19-13-11-18(12-14-19)17-7-5-4-6-8-17/h11-17,20-21H,3-10H2,1-2H3. The number of rotatable bonds is 6. The molecule has 0 aromatic heterocycles. The minimum absolute atomic E-state index is 0.544. The summed E-state index contributed by atoms with van der Waals surface area (Å²) in [5, 5.41) is 3.72. The van der Waals surface area contributed by atoms with Crippen molar-refractivity contribution in [1.82, 2.24) is 5.32 Å². The van der Waals surface area contributed by atoms with Crippen LogP contribution in [-0.4, -0.2) is 6.54 Å². The van der Waals surface area contributed by atoms with Crippen LogP contribution in [0.5, 0.6) is 0 Å². The average molecular weight is 285 g/mol. The molecule has 2 unspecified atom stereocenters. The zero-order chi connectivity index (χ0) is 14.7. The molecule has 0 heterocycles. The molecule has 1 heteroatoms. The number of hydrogen-bond acceptors (Lipinski definition) is 1. The summed E-state index contributed by atoms with van der Waals surface area (Å²) in [6.45, 7) is 5.72. The first-order chi connectivity index (χ1) is 10.3. The summed E-state index contributed by atoms with van der Waals surface area (Å²) in [5.74, 6) is 2.55. The molecule has 2 aliphatic rings. The molecule has 2 saturated carbocycles. The van der Waals surface area contributed by atoms with E-state index in [4.69, 9.17) is 0 Å². The Morgan fingerprint density at radius 1 is 1.00 bits per heavy atom. The average Bonchev–Trinajstić information content (AvgIpc) is 3.38. The van der Waals surface area contributed by atoms with Crippen LogP contribution in [0, 0.1) is 11.8 Å². The van der Waals surface area contributed by atoms with Crippen LogP contribution in [0.15, 0.2) is 24.3 Å². The van der Waals surface area contributed by atoms with Gasteiger partial charge in [-0.1, -0.05) is 57.4 Å². The summed E-state index contributed by atoms with van der Waals surface area (Å²) in [7, 11) is 0. The Bertz CT molecular complexity index is 426. The molecule has 0 aliphatic heterocycles. The Labute approximate surface area is 130 Å². The summed E-state index contributed by atoms with van der Waals surface area (Å²) < 4.78 is 0. The molecule has 1 aromatic rings. The highest BCUT2D eigenvalue weighted by atomic mass is 14.9. The van der Waals surface area contributed by atoms with Crippen LogP contribution in [0.25, 0.3) is 0 Å². The first-order valence-electron chi connectivity index (χ1n) is 9.13. The Morgan fingerprint density at radius 3 is 2.24 bits per heavy atom. The van der Waals surface area contributed by atoms with Crippen LogP contribution in [0.2, 0.25) is 0 Å². The fourth-order valence-electron chi connectivity index (χ4n) is 4.13. The first-order valence-corrected chi connectivity index (χ1v) is 9.13. The monoisotopic (exact) mass is 285 g/mol. The molecule has 1 nitrogen and oxygen atoms in total. The zero-order valence-electron chi connectivity index (χ0n) is 13.8. The molecule has 1 aromatic carbocycles. The van der Waals surface area contributed by atoms with Crippen molar-refractivity contribution < 1.29 is 0 Å². The molecule has 0 bridgehead atoms. The maximum Gasteiger partial charge on any atom is 0.0348 e. The summed E-state index contributed by atoms with van der Waals surface area (Å²) in [6, 6.07) is 10.2. The highest BCUT2D eigenvalue weighted by Gasteiger charge is 2.33. The van der Waals surface area contributed by atoms with E-state index < -0.39 is 0 Å². The van der Waals surface area contributed by atoms with Gasteiger partial charge in [-0.25, -0.2) is 0 Å². The van der Waals surface area contributed by atoms with Gasteiger partial charge in [0.15, 0.2) is 0 Å². The van der Waals surface area contributed by atoms with Gasteiger partial charge in [-0.15, -0.1) is 0 Å². The van der Waals surface area contributed by atoms with Crippen molar-refractivity contribution in [2.45, 2.75) is 70.8 Å². The van der Waals surface area contributed by atoms with E-state index in [0.717, 1.165) is 24.3 Å². The Morgan fingerprint density at radius 2 is 1.67 bits per heavy atom. The second-order valence-electron chi connectivity index (χ2n) is 7.23. The lowest BCUT2D eigenvalue weighted by molar-refractivity contribution is 0.355. The Balaban J connectivity index is 1.71. The predicted molar refractivity (Wildman–Crippen MR) is 90.6 cm³/mol. The molecule has 3 rings (SSSR count). The van der Waals surface area contributed by atoms with E-state index in [0.29, 0.717) is 6.04 Å². The maximum absolute atomic E-state index is 3.72. The third-order valence-electron chi connectivity index (χ3n) is 5.69. The van der Waals surface area contributed by atoms with E-state index in [1.165, 1.54) is 50.5 Å². The molecule has 1 N–H and O–H groups in total. The molecular formula is C20H31N. The van der Waals surface area contributed by atoms with Crippen molar-refractivity contribution in [3.05, 3.63) is 35.4 Å². The van der Waals surface area contributed by atoms with E-state index in [-0.39, 0.29) is 0 Å². The first kappa shape index (κ1) is 15.1. The van der Waals surface area contributed by atoms with Gasteiger partial charge in [0.1, 0.15) is 0 Å². The lowest BCUT2D eigenvalue weighted by Gasteiger charge is -2.27. The predicted octanol–water partition coefficient (Wildman–Crippen LogP) is 5.43. The van der Waals surface area contributed by atoms with E-state index in [2.05, 4.69) is 43.4 Å². The highest BCUT2D eigenvalue weighted by molar-refractivity contribution is 5.28. The van der Waals surface area contributed by atoms with Crippen molar-refractivity contribution in [1.29, 1.82) is 0 Å². The van der Waals surface area contributed by atoms with Gasteiger partial charge in [0.25, 0.3) is 0 Å². The van der Waals surface area contributed by atoms with Gasteiger partial charge in [-0.3, -0.25) is 0 Å². The van der Waals surface area contributed by atoms with E-state index in [1.807, 2.05) is 0 Å². The molecule has 0 radical (unpaired) electrons. The zero-order valence-corrected chi connectivity index (χ0v) is 13.8. The SMILES string of the molecule is CCNC(c1ccc(C2CCCCC2)cc1)C(C)C1CC1. The molecule has 21 heavy (non-hydrogen) atoms. The van der Waals surface area contributed by atoms with Crippen molar-refractivity contribution >= 4 is 0 Å². The molecule has 0 spiro atoms. The van der Waals surface area contributed by atoms with E-state index >= 15 is 0 Å². The van der Waals surface area contributed by atoms with Gasteiger partial charge in [-0.2, -0.15) is 0 Å². The third kappa shape index (κ3) is 3.69. The van der Waals surface area contributed by atoms with E-state index in [9.17, 15) is 0 Å². The molecular weight excluding hydrogens is 254 g/mol. The second kappa shape index (κ2) is 6.96. The lowest BCUT2D eigenvalue weighted by atomic mass is 9.83. The van der Waals surface area contributed by atoms with Crippen molar-refractivity contribution in [2.24, 2.45) is 11.8 Å². The topological polar surface area (TPSA) is 12.0 Å². The van der Waals surface area contributed by atoms with Gasteiger partial charge in [0.05, 0.1) is 0 Å². The van der Waals surface area contributed by atoms with Crippen LogP contribution in [0.1, 0.15) is 81.9 Å². The second-order valence-corrected chi connectivity index (χ2v) is 7.23. The molecule has 0 amide bonds. The van der Waals surface area contributed by atoms with Crippen LogP contribution in [0.4, 0.5) is 0 Å². The number of hydrogen-bond donors (Lipinski definition) is 1. The maximum atomic E-state index is 3.72. The largest absolute Gasteiger partial charge is 0.310 e. The molecule has 2 fully saturated rings. The van der Waals surface area contributed by atoms with E-state index in [1.54, 1.807) is 5.56 Å². The van der Waals surface area contributed by atoms with Crippen LogP contribution >= 0.6 is 0 Å². The van der Waals surface area contributed by atoms with Crippen LogP contribution < -0.4 is 5.32 Å². The summed E-state index contributed by atoms with van der Waals surface area (Å²) in [5.41, 5.74) is 3.07. The summed E-state index contributed by atoms with van der Waals surface area (Å²) in [6.07, 6.45) is 9.95. The third-order valence-corrected chi connectivity index (χ3v) is 5.69. The molecule has 2 aliphatic carbocycles. The van der Waals surface area contributed by atoms with Crippen LogP contribution in [-0.2, 0) is 0 Å². The van der Waals surface area contributed by atoms with Gasteiger partial charge >= 0.3 is 0 Å². The molecule has 2 atom stereocenters. The normalized spacial score (nSPS) is 23.0. The van der Waals surface area contributed by atoms with Gasteiger partial charge < -0.3 is 5.32 Å². The minimum Gasteiger partial charge on any atom is -0.310 e. The lowest BCUT2D eigenvalue weighted by Crippen LogP contribution is -2.27. The quantitative estimate of drug-likeness (QED) is 0.734. The minimum atomic E-state index is 0.544. The number of nitrogens with one attached hydrogen (secondary N) is 1. The number of benzene rings is 1. The van der Waals surface area contributed by atoms with Gasteiger partial charge in [0.2, 0.25) is 0 Å². The van der Waals surface area contributed by atoms with Gasteiger partial charge in [-0.05, 0) is 61.1 Å². The fraction of sp³-hybridized carbons (Fsp3) is 0.700. The Kier molecular flexibility index (Phi) is 5.00. The van der Waals surface area contributed by atoms with Crippen LogP contribution in [0.3, 0.4) is 0 Å².